The van der Waals surface area contributed by atoms with Crippen molar-refractivity contribution in [3.63, 3.8) is 0 Å². The molecule has 0 aliphatic carbocycles. The molecule has 0 amide bonds. The zero-order chi connectivity index (χ0) is 23.5. The Kier molecular flexibility index (Phi) is 6.92. The lowest BCUT2D eigenvalue weighted by Crippen LogP contribution is -2.44. The van der Waals surface area contributed by atoms with Crippen molar-refractivity contribution in [2.75, 3.05) is 43.4 Å². The van der Waals surface area contributed by atoms with Crippen LogP contribution in [0.5, 0.6) is 0 Å². The van der Waals surface area contributed by atoms with Gasteiger partial charge in [0, 0.05) is 42.8 Å². The Hall–Kier alpha value is -3.01. The van der Waals surface area contributed by atoms with Crippen LogP contribution in [0.1, 0.15) is 18.8 Å². The molecular formula is C22H23Cl2N7O2. The van der Waals surface area contributed by atoms with Gasteiger partial charge in [-0.3, -0.25) is 10.1 Å². The first-order chi connectivity index (χ1) is 15.8. The zero-order valence-electron chi connectivity index (χ0n) is 18.2. The van der Waals surface area contributed by atoms with Gasteiger partial charge in [-0.2, -0.15) is 0 Å². The Morgan fingerprint density at radius 3 is 2.48 bits per heavy atom. The van der Waals surface area contributed by atoms with Gasteiger partial charge in [0.1, 0.15) is 12.0 Å². The van der Waals surface area contributed by atoms with E-state index in [0.29, 0.717) is 21.7 Å². The number of pyridine rings is 1. The van der Waals surface area contributed by atoms with Crippen molar-refractivity contribution in [1.82, 2.24) is 19.9 Å². The third-order valence-corrected chi connectivity index (χ3v) is 6.08. The second-order valence-electron chi connectivity index (χ2n) is 7.90. The maximum Gasteiger partial charge on any atom is 0.287 e. The maximum absolute atomic E-state index is 10.9. The number of halogens is 2. The second-order valence-corrected chi connectivity index (χ2v) is 8.74. The molecule has 0 saturated carbocycles. The fraction of sp³-hybridized carbons (Fsp3) is 0.318. The molecule has 1 atom stereocenters. The van der Waals surface area contributed by atoms with Gasteiger partial charge in [0.2, 0.25) is 0 Å². The first-order valence-corrected chi connectivity index (χ1v) is 11.2. The lowest BCUT2D eigenvalue weighted by Gasteiger charge is -2.34. The summed E-state index contributed by atoms with van der Waals surface area (Å²) in [7, 11) is 2.10. The number of rotatable bonds is 6. The third kappa shape index (κ3) is 5.32. The second kappa shape index (κ2) is 9.86. The summed E-state index contributed by atoms with van der Waals surface area (Å²) in [6, 6.07) is 8.02. The smallest absolute Gasteiger partial charge is 0.287 e. The van der Waals surface area contributed by atoms with Crippen LogP contribution in [-0.4, -0.2) is 58.0 Å². The van der Waals surface area contributed by atoms with Gasteiger partial charge in [0.25, 0.3) is 5.69 Å². The first kappa shape index (κ1) is 23.2. The Morgan fingerprint density at radius 2 is 1.85 bits per heavy atom. The number of hydrogen-bond acceptors (Lipinski definition) is 8. The van der Waals surface area contributed by atoms with Crippen LogP contribution in [0.4, 0.5) is 17.2 Å². The summed E-state index contributed by atoms with van der Waals surface area (Å²) < 4.78 is 0. The molecule has 3 aromatic rings. The van der Waals surface area contributed by atoms with E-state index in [2.05, 4.69) is 32.1 Å². The van der Waals surface area contributed by atoms with E-state index in [4.69, 9.17) is 28.2 Å². The largest absolute Gasteiger partial charge is 0.366 e. The molecule has 1 aromatic carbocycles. The van der Waals surface area contributed by atoms with E-state index in [0.717, 1.165) is 43.1 Å². The number of piperazine rings is 1. The Balaban J connectivity index is 1.67. The highest BCUT2D eigenvalue weighted by Crippen LogP contribution is 2.36. The molecule has 3 heterocycles. The summed E-state index contributed by atoms with van der Waals surface area (Å²) in [6.45, 7) is 5.51. The Bertz CT molecular complexity index is 1150. The lowest BCUT2D eigenvalue weighted by atomic mass is 10.1. The summed E-state index contributed by atoms with van der Waals surface area (Å²) >= 11 is 12.7. The molecule has 11 heteroatoms. The van der Waals surface area contributed by atoms with Crippen LogP contribution in [0.15, 0.2) is 42.7 Å². The monoisotopic (exact) mass is 487 g/mol. The van der Waals surface area contributed by atoms with Gasteiger partial charge in [-0.1, -0.05) is 23.2 Å². The summed E-state index contributed by atoms with van der Waals surface area (Å²) in [4.78, 5) is 28.5. The summed E-state index contributed by atoms with van der Waals surface area (Å²) in [5.74, 6) is 1.04. The first-order valence-electron chi connectivity index (χ1n) is 10.4. The summed E-state index contributed by atoms with van der Waals surface area (Å²) in [5, 5.41) is 15.1. The molecule has 1 saturated heterocycles. The van der Waals surface area contributed by atoms with Crippen molar-refractivity contribution < 1.29 is 4.92 Å². The van der Waals surface area contributed by atoms with Crippen LogP contribution < -0.4 is 10.2 Å². The normalized spacial score (nSPS) is 15.3. The molecule has 172 valence electrons. The fourth-order valence-electron chi connectivity index (χ4n) is 3.62. The zero-order valence-corrected chi connectivity index (χ0v) is 19.7. The van der Waals surface area contributed by atoms with Gasteiger partial charge in [0.15, 0.2) is 5.82 Å². The number of benzene rings is 1. The molecule has 9 nitrogen and oxygen atoms in total. The highest BCUT2D eigenvalue weighted by atomic mass is 35.5. The predicted octanol–water partition coefficient (Wildman–Crippen LogP) is 4.68. The van der Waals surface area contributed by atoms with Crippen LogP contribution in [0.25, 0.3) is 11.3 Å². The van der Waals surface area contributed by atoms with Crippen molar-refractivity contribution in [1.29, 1.82) is 0 Å². The quantitative estimate of drug-likeness (QED) is 0.395. The van der Waals surface area contributed by atoms with E-state index in [1.807, 2.05) is 19.2 Å². The number of nitrogens with zero attached hydrogens (tertiary/aromatic N) is 6. The topological polar surface area (TPSA) is 100 Å². The van der Waals surface area contributed by atoms with Gasteiger partial charge in [-0.25, -0.2) is 15.0 Å². The van der Waals surface area contributed by atoms with Gasteiger partial charge in [0.05, 0.1) is 33.6 Å². The van der Waals surface area contributed by atoms with E-state index in [-0.39, 0.29) is 11.7 Å². The average molecular weight is 488 g/mol. The minimum atomic E-state index is -0.484. The van der Waals surface area contributed by atoms with E-state index < -0.39 is 4.92 Å². The standard InChI is InChI=1S/C22H23Cl2N7O2/c1-14(27-20-6-4-16(12-25-20)31(32)33)22-26-13-19(30-9-7-29(2)8-10-30)21(28-22)17-5-3-15(23)11-18(17)24/h3-6,11-14H,7-10H2,1-2H3,(H,25,27). The Labute approximate surface area is 201 Å². The molecule has 0 bridgehead atoms. The average Bonchev–Trinajstić information content (AvgIpc) is 2.80. The van der Waals surface area contributed by atoms with E-state index in [1.165, 1.54) is 12.3 Å². The fourth-order valence-corrected chi connectivity index (χ4v) is 4.12. The van der Waals surface area contributed by atoms with Crippen molar-refractivity contribution in [2.45, 2.75) is 13.0 Å². The van der Waals surface area contributed by atoms with E-state index in [9.17, 15) is 10.1 Å². The Morgan fingerprint density at radius 1 is 1.09 bits per heavy atom. The molecule has 0 spiro atoms. The number of aromatic nitrogens is 3. The number of anilines is 2. The van der Waals surface area contributed by atoms with E-state index in [1.54, 1.807) is 18.2 Å². The molecule has 1 aliphatic heterocycles. The molecule has 1 N–H and O–H groups in total. The van der Waals surface area contributed by atoms with Gasteiger partial charge in [-0.05, 0) is 38.2 Å². The van der Waals surface area contributed by atoms with Gasteiger partial charge in [-0.15, -0.1) is 0 Å². The molecule has 1 unspecified atom stereocenters. The van der Waals surface area contributed by atoms with Crippen molar-refractivity contribution in [2.24, 2.45) is 0 Å². The van der Waals surface area contributed by atoms with Crippen LogP contribution in [0.3, 0.4) is 0 Å². The number of hydrogen-bond donors (Lipinski definition) is 1. The number of likely N-dealkylation sites (N-methyl/N-ethyl adjacent to an activating group) is 1. The SMILES string of the molecule is CC(Nc1ccc([N+](=O)[O-])cn1)c1ncc(N2CCN(C)CC2)c(-c2ccc(Cl)cc2Cl)n1. The van der Waals surface area contributed by atoms with Crippen LogP contribution in [-0.2, 0) is 0 Å². The molecule has 4 rings (SSSR count). The van der Waals surface area contributed by atoms with Gasteiger partial charge < -0.3 is 15.1 Å². The van der Waals surface area contributed by atoms with Crippen molar-refractivity contribution in [3.05, 3.63) is 68.7 Å². The highest BCUT2D eigenvalue weighted by molar-refractivity contribution is 6.36. The predicted molar refractivity (Wildman–Crippen MR) is 130 cm³/mol. The molecule has 33 heavy (non-hydrogen) atoms. The minimum Gasteiger partial charge on any atom is -0.366 e. The van der Waals surface area contributed by atoms with Crippen molar-refractivity contribution >= 4 is 40.4 Å². The molecule has 2 aromatic heterocycles. The van der Waals surface area contributed by atoms with E-state index >= 15 is 0 Å². The summed E-state index contributed by atoms with van der Waals surface area (Å²) in [5.41, 5.74) is 2.35. The maximum atomic E-state index is 10.9. The highest BCUT2D eigenvalue weighted by Gasteiger charge is 2.22. The molecule has 1 fully saturated rings. The molecule has 1 aliphatic rings. The number of nitrogens with one attached hydrogen (secondary N) is 1. The molecule has 0 radical (unpaired) electrons. The summed E-state index contributed by atoms with van der Waals surface area (Å²) in [6.07, 6.45) is 3.04. The number of nitro groups is 1. The minimum absolute atomic E-state index is 0.0688. The van der Waals surface area contributed by atoms with Crippen molar-refractivity contribution in [3.8, 4) is 11.3 Å². The van der Waals surface area contributed by atoms with Crippen LogP contribution in [0, 0.1) is 10.1 Å². The van der Waals surface area contributed by atoms with Gasteiger partial charge >= 0.3 is 0 Å². The third-order valence-electron chi connectivity index (χ3n) is 5.53. The van der Waals surface area contributed by atoms with Crippen LogP contribution >= 0.6 is 23.2 Å². The van der Waals surface area contributed by atoms with Crippen LogP contribution in [0.2, 0.25) is 10.0 Å². The lowest BCUT2D eigenvalue weighted by molar-refractivity contribution is -0.385. The molecular weight excluding hydrogens is 465 g/mol.